The minimum atomic E-state index is -0.0425. The molecule has 0 radical (unpaired) electrons. The number of nitrogens with zero attached hydrogens (tertiary/aromatic N) is 2. The molecule has 2 N–H and O–H groups in total. The lowest BCUT2D eigenvalue weighted by Crippen LogP contribution is -2.32. The van der Waals surface area contributed by atoms with Gasteiger partial charge in [0.05, 0.1) is 11.1 Å². The minimum Gasteiger partial charge on any atom is -0.337 e. The number of aromatic nitrogens is 1. The summed E-state index contributed by atoms with van der Waals surface area (Å²) >= 11 is 6.08. The van der Waals surface area contributed by atoms with Gasteiger partial charge in [-0.05, 0) is 24.6 Å². The highest BCUT2D eigenvalue weighted by Crippen LogP contribution is 2.24. The summed E-state index contributed by atoms with van der Waals surface area (Å²) < 4.78 is 0. The van der Waals surface area contributed by atoms with E-state index in [2.05, 4.69) is 4.98 Å². The van der Waals surface area contributed by atoms with Crippen molar-refractivity contribution in [3.63, 3.8) is 0 Å². The molecule has 2 aromatic rings. The fraction of sp³-hybridized carbons (Fsp3) is 0.286. The molecule has 1 aliphatic heterocycles. The largest absolute Gasteiger partial charge is 0.337 e. The Labute approximate surface area is 140 Å². The van der Waals surface area contributed by atoms with E-state index in [0.29, 0.717) is 29.2 Å². The molecule has 0 unspecified atom stereocenters. The van der Waals surface area contributed by atoms with E-state index >= 15 is 0 Å². The van der Waals surface area contributed by atoms with E-state index in [4.69, 9.17) is 17.3 Å². The number of rotatable bonds is 1. The van der Waals surface area contributed by atoms with Gasteiger partial charge in [-0.3, -0.25) is 9.78 Å². The van der Waals surface area contributed by atoms with Crippen LogP contribution in [-0.2, 0) is 0 Å². The molecule has 4 nitrogen and oxygen atoms in total. The summed E-state index contributed by atoms with van der Waals surface area (Å²) in [7, 11) is 0. The van der Waals surface area contributed by atoms with Crippen LogP contribution in [0.5, 0.6) is 0 Å². The maximum absolute atomic E-state index is 12.5. The molecule has 1 aromatic heterocycles. The molecule has 1 amide bonds. The number of amides is 1. The predicted molar refractivity (Wildman–Crippen MR) is 89.7 cm³/mol. The highest BCUT2D eigenvalue weighted by atomic mass is 35.5. The van der Waals surface area contributed by atoms with E-state index in [9.17, 15) is 4.79 Å². The molecule has 0 bridgehead atoms. The van der Waals surface area contributed by atoms with Crippen LogP contribution in [0, 0.1) is 0 Å². The number of nitrogens with two attached hydrogens (primary N) is 1. The van der Waals surface area contributed by atoms with E-state index in [-0.39, 0.29) is 36.8 Å². The second-order valence-corrected chi connectivity index (χ2v) is 5.26. The van der Waals surface area contributed by atoms with Gasteiger partial charge >= 0.3 is 0 Å². The van der Waals surface area contributed by atoms with Crippen molar-refractivity contribution >= 4 is 53.2 Å². The zero-order chi connectivity index (χ0) is 13.4. The van der Waals surface area contributed by atoms with Crippen molar-refractivity contribution in [2.45, 2.75) is 12.5 Å². The van der Waals surface area contributed by atoms with Gasteiger partial charge in [-0.15, -0.1) is 24.8 Å². The Morgan fingerprint density at radius 3 is 2.81 bits per heavy atom. The van der Waals surface area contributed by atoms with Crippen LogP contribution in [0.4, 0.5) is 0 Å². The fourth-order valence-electron chi connectivity index (χ4n) is 2.46. The van der Waals surface area contributed by atoms with Crippen molar-refractivity contribution < 1.29 is 4.79 Å². The maximum atomic E-state index is 12.5. The Bertz CT molecular complexity index is 650. The van der Waals surface area contributed by atoms with Crippen LogP contribution in [0.1, 0.15) is 16.8 Å². The summed E-state index contributed by atoms with van der Waals surface area (Å²) in [6.07, 6.45) is 2.53. The van der Waals surface area contributed by atoms with Gasteiger partial charge in [-0.25, -0.2) is 0 Å². The molecule has 21 heavy (non-hydrogen) atoms. The van der Waals surface area contributed by atoms with E-state index < -0.39 is 0 Å². The number of carbonyl (C=O) groups is 1. The first-order chi connectivity index (χ1) is 9.15. The lowest BCUT2D eigenvalue weighted by Gasteiger charge is -2.17. The van der Waals surface area contributed by atoms with Gasteiger partial charge in [0.25, 0.3) is 5.91 Å². The van der Waals surface area contributed by atoms with Gasteiger partial charge in [-0.1, -0.05) is 17.7 Å². The van der Waals surface area contributed by atoms with E-state index in [0.717, 1.165) is 11.8 Å². The van der Waals surface area contributed by atoms with Crippen molar-refractivity contribution in [2.75, 3.05) is 13.1 Å². The van der Waals surface area contributed by atoms with Gasteiger partial charge in [0.2, 0.25) is 0 Å². The van der Waals surface area contributed by atoms with Crippen LogP contribution in [0.15, 0.2) is 30.5 Å². The van der Waals surface area contributed by atoms with Crippen molar-refractivity contribution in [3.05, 3.63) is 41.0 Å². The fourth-order valence-corrected chi connectivity index (χ4v) is 2.69. The quantitative estimate of drug-likeness (QED) is 0.862. The molecule has 1 fully saturated rings. The molecule has 0 spiro atoms. The third-order valence-corrected chi connectivity index (χ3v) is 3.63. The molecule has 0 aliphatic carbocycles. The maximum Gasteiger partial charge on any atom is 0.256 e. The summed E-state index contributed by atoms with van der Waals surface area (Å²) in [5, 5.41) is 1.43. The smallest absolute Gasteiger partial charge is 0.256 e. The average Bonchev–Trinajstić information content (AvgIpc) is 2.83. The van der Waals surface area contributed by atoms with Crippen molar-refractivity contribution in [1.82, 2.24) is 9.88 Å². The third kappa shape index (κ3) is 3.58. The van der Waals surface area contributed by atoms with Crippen LogP contribution >= 0.6 is 36.4 Å². The molecular weight excluding hydrogens is 333 g/mol. The predicted octanol–water partition coefficient (Wildman–Crippen LogP) is 2.91. The summed E-state index contributed by atoms with van der Waals surface area (Å²) in [6, 6.07) is 7.31. The second kappa shape index (κ2) is 7.27. The van der Waals surface area contributed by atoms with Crippen molar-refractivity contribution in [2.24, 2.45) is 5.73 Å². The van der Waals surface area contributed by atoms with Crippen LogP contribution < -0.4 is 5.73 Å². The monoisotopic (exact) mass is 347 g/mol. The van der Waals surface area contributed by atoms with Gasteiger partial charge in [0.1, 0.15) is 0 Å². The highest BCUT2D eigenvalue weighted by Gasteiger charge is 2.26. The number of benzene rings is 1. The summed E-state index contributed by atoms with van der Waals surface area (Å²) in [5.74, 6) is -0.0425. The summed E-state index contributed by atoms with van der Waals surface area (Å²) in [5.41, 5.74) is 7.09. The second-order valence-electron chi connectivity index (χ2n) is 4.83. The van der Waals surface area contributed by atoms with Crippen LogP contribution in [0.2, 0.25) is 5.02 Å². The number of likely N-dealkylation sites (tertiary alicyclic amines) is 1. The van der Waals surface area contributed by atoms with Gasteiger partial charge in [0, 0.05) is 35.7 Å². The normalized spacial score (nSPS) is 17.2. The van der Waals surface area contributed by atoms with Crippen LogP contribution in [0.25, 0.3) is 10.9 Å². The zero-order valence-corrected chi connectivity index (χ0v) is 13.5. The number of carbonyl (C=O) groups excluding carboxylic acids is 1. The van der Waals surface area contributed by atoms with E-state index in [1.165, 1.54) is 0 Å². The lowest BCUT2D eigenvalue weighted by atomic mass is 10.1. The van der Waals surface area contributed by atoms with Crippen molar-refractivity contribution in [1.29, 1.82) is 0 Å². The van der Waals surface area contributed by atoms with E-state index in [1.807, 2.05) is 18.2 Å². The van der Waals surface area contributed by atoms with E-state index in [1.54, 1.807) is 17.2 Å². The topological polar surface area (TPSA) is 59.2 Å². The molecule has 7 heteroatoms. The molecule has 1 saturated heterocycles. The SMILES string of the molecule is Cl.Cl.N[C@@H]1CCN(C(=O)c2cc(Cl)cc3cccnc23)C1. The molecule has 3 rings (SSSR count). The Hall–Kier alpha value is -1.07. The zero-order valence-electron chi connectivity index (χ0n) is 11.2. The molecule has 1 aliphatic rings. The molecule has 1 aromatic carbocycles. The minimum absolute atomic E-state index is 0. The third-order valence-electron chi connectivity index (χ3n) is 3.41. The average molecular weight is 349 g/mol. The Kier molecular flexibility index (Phi) is 6.23. The van der Waals surface area contributed by atoms with Gasteiger partial charge in [-0.2, -0.15) is 0 Å². The van der Waals surface area contributed by atoms with Crippen molar-refractivity contribution in [3.8, 4) is 0 Å². The molecule has 114 valence electrons. The Morgan fingerprint density at radius 1 is 1.38 bits per heavy atom. The number of hydrogen-bond acceptors (Lipinski definition) is 3. The summed E-state index contributed by atoms with van der Waals surface area (Å²) in [4.78, 5) is 18.6. The Morgan fingerprint density at radius 2 is 2.14 bits per heavy atom. The number of pyridine rings is 1. The molecular formula is C14H16Cl3N3O. The number of hydrogen-bond donors (Lipinski definition) is 1. The standard InChI is InChI=1S/C14H14ClN3O.2ClH/c15-10-6-9-2-1-4-17-13(9)12(7-10)14(19)18-5-3-11(16)8-18;;/h1-2,4,6-7,11H,3,5,8,16H2;2*1H/t11-;;/m1../s1. The number of halogens is 3. The number of fused-ring (bicyclic) bond motifs is 1. The summed E-state index contributed by atoms with van der Waals surface area (Å²) in [6.45, 7) is 1.29. The van der Waals surface area contributed by atoms with Crippen LogP contribution in [0.3, 0.4) is 0 Å². The lowest BCUT2D eigenvalue weighted by molar-refractivity contribution is 0.0792. The van der Waals surface area contributed by atoms with Gasteiger partial charge < -0.3 is 10.6 Å². The van der Waals surface area contributed by atoms with Gasteiger partial charge in [0.15, 0.2) is 0 Å². The Balaban J connectivity index is 0.00000110. The molecule has 2 heterocycles. The first-order valence-corrected chi connectivity index (χ1v) is 6.62. The first-order valence-electron chi connectivity index (χ1n) is 6.24. The van der Waals surface area contributed by atoms with Crippen LogP contribution in [-0.4, -0.2) is 34.9 Å². The first kappa shape index (κ1) is 18.0. The molecule has 1 atom stereocenters. The molecule has 0 saturated carbocycles. The highest BCUT2D eigenvalue weighted by molar-refractivity contribution is 6.32.